The van der Waals surface area contributed by atoms with Gasteiger partial charge in [0.15, 0.2) is 0 Å². The molecule has 0 radical (unpaired) electrons. The quantitative estimate of drug-likeness (QED) is 0.871. The maximum Gasteiger partial charge on any atom is 0.257 e. The van der Waals surface area contributed by atoms with E-state index in [1.165, 1.54) is 6.42 Å². The van der Waals surface area contributed by atoms with Crippen molar-refractivity contribution < 1.29 is 9.90 Å². The first kappa shape index (κ1) is 12.0. The van der Waals surface area contributed by atoms with Gasteiger partial charge in [0.2, 0.25) is 0 Å². The molecule has 2 atom stereocenters. The molecule has 0 aromatic heterocycles. The van der Waals surface area contributed by atoms with Crippen molar-refractivity contribution in [3.05, 3.63) is 29.3 Å². The summed E-state index contributed by atoms with van der Waals surface area (Å²) in [7, 11) is 1.80. The number of carbonyl (C=O) groups is 1. The van der Waals surface area contributed by atoms with Gasteiger partial charge in [-0.2, -0.15) is 0 Å². The Morgan fingerprint density at radius 2 is 2.18 bits per heavy atom. The van der Waals surface area contributed by atoms with Gasteiger partial charge in [0, 0.05) is 13.6 Å². The normalized spacial score (nSPS) is 22.3. The van der Waals surface area contributed by atoms with Crippen molar-refractivity contribution >= 4 is 5.91 Å². The summed E-state index contributed by atoms with van der Waals surface area (Å²) in [4.78, 5) is 13.8. The summed E-state index contributed by atoms with van der Waals surface area (Å²) in [5, 5.41) is 9.76. The first-order chi connectivity index (χ1) is 7.99. The topological polar surface area (TPSA) is 40.5 Å². The van der Waals surface area contributed by atoms with E-state index < -0.39 is 0 Å². The van der Waals surface area contributed by atoms with E-state index in [1.54, 1.807) is 24.1 Å². The fourth-order valence-corrected chi connectivity index (χ4v) is 2.12. The second kappa shape index (κ2) is 4.40. The lowest BCUT2D eigenvalue weighted by molar-refractivity contribution is 0.0784. The molecular weight excluding hydrogens is 214 g/mol. The Bertz CT molecular complexity index is 442. The summed E-state index contributed by atoms with van der Waals surface area (Å²) >= 11 is 0. The molecule has 1 saturated carbocycles. The zero-order valence-corrected chi connectivity index (χ0v) is 10.6. The van der Waals surface area contributed by atoms with Crippen LogP contribution in [0.4, 0.5) is 0 Å². The van der Waals surface area contributed by atoms with E-state index in [0.717, 1.165) is 18.0 Å². The third kappa shape index (κ3) is 2.60. The highest BCUT2D eigenvalue weighted by Gasteiger charge is 2.34. The number of rotatable bonds is 3. The standard InChI is InChI=1S/C14H19NO2/c1-9-4-5-12(13(16)6-9)14(17)15(3)8-11-7-10(11)2/h4-6,10-11,16H,7-8H2,1-3H3. The number of nitrogens with zero attached hydrogens (tertiary/aromatic N) is 1. The Morgan fingerprint density at radius 3 is 2.71 bits per heavy atom. The summed E-state index contributed by atoms with van der Waals surface area (Å²) in [6, 6.07) is 5.17. The number of aromatic hydroxyl groups is 1. The molecule has 0 spiro atoms. The van der Waals surface area contributed by atoms with Crippen LogP contribution >= 0.6 is 0 Å². The maximum absolute atomic E-state index is 12.1. The zero-order valence-electron chi connectivity index (χ0n) is 10.6. The van der Waals surface area contributed by atoms with Gasteiger partial charge in [-0.05, 0) is 42.9 Å². The molecule has 2 rings (SSSR count). The van der Waals surface area contributed by atoms with Crippen LogP contribution < -0.4 is 0 Å². The second-order valence-corrected chi connectivity index (χ2v) is 5.18. The van der Waals surface area contributed by atoms with Crippen molar-refractivity contribution in [1.82, 2.24) is 4.90 Å². The van der Waals surface area contributed by atoms with Gasteiger partial charge in [-0.25, -0.2) is 0 Å². The Morgan fingerprint density at radius 1 is 1.53 bits per heavy atom. The van der Waals surface area contributed by atoms with Crippen molar-refractivity contribution in [3.8, 4) is 5.75 Å². The number of carbonyl (C=O) groups excluding carboxylic acids is 1. The molecule has 2 unspecified atom stereocenters. The summed E-state index contributed by atoms with van der Waals surface area (Å²) in [5.74, 6) is 1.35. The fourth-order valence-electron chi connectivity index (χ4n) is 2.12. The number of hydrogen-bond donors (Lipinski definition) is 1. The summed E-state index contributed by atoms with van der Waals surface area (Å²) in [6.45, 7) is 4.88. The van der Waals surface area contributed by atoms with E-state index in [2.05, 4.69) is 6.92 Å². The van der Waals surface area contributed by atoms with E-state index in [4.69, 9.17) is 0 Å². The van der Waals surface area contributed by atoms with E-state index in [1.807, 2.05) is 13.0 Å². The number of phenolic OH excluding ortho intramolecular Hbond substituents is 1. The molecular formula is C14H19NO2. The Labute approximate surface area is 102 Å². The van der Waals surface area contributed by atoms with Gasteiger partial charge in [0.1, 0.15) is 5.75 Å². The summed E-state index contributed by atoms with van der Waals surface area (Å²) in [6.07, 6.45) is 1.21. The van der Waals surface area contributed by atoms with Crippen LogP contribution in [0, 0.1) is 18.8 Å². The van der Waals surface area contributed by atoms with Crippen molar-refractivity contribution in [2.24, 2.45) is 11.8 Å². The number of aryl methyl sites for hydroxylation is 1. The van der Waals surface area contributed by atoms with Gasteiger partial charge in [-0.15, -0.1) is 0 Å². The van der Waals surface area contributed by atoms with Gasteiger partial charge in [-0.1, -0.05) is 13.0 Å². The summed E-state index contributed by atoms with van der Waals surface area (Å²) < 4.78 is 0. The minimum atomic E-state index is -0.0957. The molecule has 1 aliphatic carbocycles. The molecule has 1 amide bonds. The van der Waals surface area contributed by atoms with E-state index in [-0.39, 0.29) is 11.7 Å². The van der Waals surface area contributed by atoms with E-state index in [0.29, 0.717) is 11.5 Å². The monoisotopic (exact) mass is 233 g/mol. The molecule has 3 nitrogen and oxygen atoms in total. The van der Waals surface area contributed by atoms with Crippen LogP contribution in [-0.4, -0.2) is 29.5 Å². The van der Waals surface area contributed by atoms with Crippen LogP contribution in [-0.2, 0) is 0 Å². The van der Waals surface area contributed by atoms with Crippen molar-refractivity contribution in [3.63, 3.8) is 0 Å². The third-order valence-electron chi connectivity index (χ3n) is 3.51. The van der Waals surface area contributed by atoms with Crippen LogP contribution in [0.15, 0.2) is 18.2 Å². The molecule has 0 aliphatic heterocycles. The van der Waals surface area contributed by atoms with Crippen LogP contribution in [0.3, 0.4) is 0 Å². The van der Waals surface area contributed by atoms with Gasteiger partial charge in [0.05, 0.1) is 5.56 Å². The molecule has 1 aliphatic rings. The second-order valence-electron chi connectivity index (χ2n) is 5.18. The molecule has 1 fully saturated rings. The highest BCUT2D eigenvalue weighted by Crippen LogP contribution is 2.38. The average Bonchev–Trinajstić information content (AvgIpc) is 2.93. The van der Waals surface area contributed by atoms with Gasteiger partial charge >= 0.3 is 0 Å². The minimum Gasteiger partial charge on any atom is -0.507 e. The molecule has 1 N–H and O–H groups in total. The van der Waals surface area contributed by atoms with Crippen LogP contribution in [0.25, 0.3) is 0 Å². The predicted molar refractivity (Wildman–Crippen MR) is 67.1 cm³/mol. The highest BCUT2D eigenvalue weighted by atomic mass is 16.3. The lowest BCUT2D eigenvalue weighted by atomic mass is 10.1. The maximum atomic E-state index is 12.1. The number of phenols is 1. The van der Waals surface area contributed by atoms with Crippen LogP contribution in [0.5, 0.6) is 5.75 Å². The lowest BCUT2D eigenvalue weighted by Gasteiger charge is -2.17. The van der Waals surface area contributed by atoms with Crippen LogP contribution in [0.1, 0.15) is 29.3 Å². The smallest absolute Gasteiger partial charge is 0.257 e. The number of amides is 1. The minimum absolute atomic E-state index is 0.0747. The largest absolute Gasteiger partial charge is 0.507 e. The molecule has 92 valence electrons. The van der Waals surface area contributed by atoms with Crippen molar-refractivity contribution in [2.75, 3.05) is 13.6 Å². The zero-order chi connectivity index (χ0) is 12.6. The van der Waals surface area contributed by atoms with Crippen LogP contribution in [0.2, 0.25) is 0 Å². The van der Waals surface area contributed by atoms with E-state index in [9.17, 15) is 9.90 Å². The van der Waals surface area contributed by atoms with Crippen molar-refractivity contribution in [1.29, 1.82) is 0 Å². The average molecular weight is 233 g/mol. The Balaban J connectivity index is 2.07. The SMILES string of the molecule is Cc1ccc(C(=O)N(C)CC2CC2C)c(O)c1. The Hall–Kier alpha value is -1.51. The molecule has 1 aromatic rings. The molecule has 0 heterocycles. The molecule has 0 saturated heterocycles. The molecule has 3 heteroatoms. The first-order valence-corrected chi connectivity index (χ1v) is 6.04. The van der Waals surface area contributed by atoms with E-state index >= 15 is 0 Å². The van der Waals surface area contributed by atoms with Gasteiger partial charge in [0.25, 0.3) is 5.91 Å². The lowest BCUT2D eigenvalue weighted by Crippen LogP contribution is -2.29. The third-order valence-corrected chi connectivity index (χ3v) is 3.51. The molecule has 17 heavy (non-hydrogen) atoms. The van der Waals surface area contributed by atoms with Gasteiger partial charge < -0.3 is 10.0 Å². The Kier molecular flexibility index (Phi) is 3.09. The number of benzene rings is 1. The summed E-state index contributed by atoms with van der Waals surface area (Å²) in [5.41, 5.74) is 1.35. The fraction of sp³-hybridized carbons (Fsp3) is 0.500. The first-order valence-electron chi connectivity index (χ1n) is 6.04. The molecule has 0 bridgehead atoms. The van der Waals surface area contributed by atoms with Crippen molar-refractivity contribution in [2.45, 2.75) is 20.3 Å². The highest BCUT2D eigenvalue weighted by molar-refractivity contribution is 5.96. The van der Waals surface area contributed by atoms with Gasteiger partial charge in [-0.3, -0.25) is 4.79 Å². The predicted octanol–water partition coefficient (Wildman–Crippen LogP) is 2.43. The molecule has 1 aromatic carbocycles. The number of hydrogen-bond acceptors (Lipinski definition) is 2.